The van der Waals surface area contributed by atoms with Crippen molar-refractivity contribution in [3.63, 3.8) is 0 Å². The highest BCUT2D eigenvalue weighted by Crippen LogP contribution is 2.40. The summed E-state index contributed by atoms with van der Waals surface area (Å²) >= 11 is 0. The summed E-state index contributed by atoms with van der Waals surface area (Å²) in [6.07, 6.45) is 4.64. The second-order valence-corrected chi connectivity index (χ2v) is 10.2. The fourth-order valence-electron chi connectivity index (χ4n) is 5.31. The molecule has 2 amide bonds. The van der Waals surface area contributed by atoms with Gasteiger partial charge in [0.1, 0.15) is 34.9 Å². The molecular formula is C29H27FN6O6. The Morgan fingerprint density at radius 3 is 2.52 bits per heavy atom. The van der Waals surface area contributed by atoms with E-state index < -0.39 is 40.4 Å². The Bertz CT molecular complexity index is 1760. The summed E-state index contributed by atoms with van der Waals surface area (Å²) in [4.78, 5) is 68.1. The van der Waals surface area contributed by atoms with Crippen LogP contribution in [-0.2, 0) is 17.9 Å². The molecule has 1 unspecified atom stereocenters. The fraction of sp³-hybridized carbons (Fsp3) is 0.276. The number of nitrogens with one attached hydrogen (secondary N) is 3. The fourth-order valence-corrected chi connectivity index (χ4v) is 5.31. The van der Waals surface area contributed by atoms with E-state index in [1.54, 1.807) is 0 Å². The summed E-state index contributed by atoms with van der Waals surface area (Å²) < 4.78 is 14.3. The summed E-state index contributed by atoms with van der Waals surface area (Å²) in [6, 6.07) is 5.17. The molecule has 42 heavy (non-hydrogen) atoms. The first-order chi connectivity index (χ1) is 20.0. The number of allylic oxidation sites excluding steroid dienone is 1. The van der Waals surface area contributed by atoms with E-state index in [-0.39, 0.29) is 47.5 Å². The molecule has 0 radical (unpaired) electrons. The third kappa shape index (κ3) is 5.40. The lowest BCUT2D eigenvalue weighted by Gasteiger charge is -2.23. The van der Waals surface area contributed by atoms with Crippen LogP contribution < -0.4 is 32.5 Å². The van der Waals surface area contributed by atoms with E-state index in [2.05, 4.69) is 25.9 Å². The van der Waals surface area contributed by atoms with Gasteiger partial charge in [-0.2, -0.15) is 0 Å². The van der Waals surface area contributed by atoms with Gasteiger partial charge in [0.25, 0.3) is 22.7 Å². The van der Waals surface area contributed by atoms with Crippen molar-refractivity contribution < 1.29 is 23.9 Å². The quantitative estimate of drug-likeness (QED) is 0.234. The number of carbonyl (C=O) groups excluding carboxylic acids is 2. The van der Waals surface area contributed by atoms with E-state index in [9.17, 15) is 33.5 Å². The lowest BCUT2D eigenvalue weighted by Crippen LogP contribution is -2.37. The first-order valence-corrected chi connectivity index (χ1v) is 13.2. The molecule has 3 aromatic rings. The van der Waals surface area contributed by atoms with Crippen molar-refractivity contribution in [2.24, 2.45) is 5.92 Å². The molecule has 2 aliphatic rings. The Hall–Kier alpha value is -5.20. The smallest absolute Gasteiger partial charge is 0.310 e. The number of nitrogens with zero attached hydrogens (tertiary/aromatic N) is 2. The minimum atomic E-state index is -0.865. The molecular weight excluding hydrogens is 547 g/mol. The Morgan fingerprint density at radius 2 is 1.81 bits per heavy atom. The molecule has 0 aliphatic heterocycles. The number of carboxylic acid groups (broad SMARTS) is 1. The van der Waals surface area contributed by atoms with Crippen molar-refractivity contribution in [1.29, 1.82) is 0 Å². The molecule has 12 nitrogen and oxygen atoms in total. The van der Waals surface area contributed by atoms with Gasteiger partial charge >= 0.3 is 5.97 Å². The van der Waals surface area contributed by atoms with Crippen LogP contribution in [0.4, 0.5) is 15.8 Å². The van der Waals surface area contributed by atoms with Gasteiger partial charge in [-0.1, -0.05) is 17.7 Å². The van der Waals surface area contributed by atoms with E-state index in [0.29, 0.717) is 24.8 Å². The number of fused-ring (bicyclic) bond motifs is 1. The molecule has 2 aliphatic carbocycles. The van der Waals surface area contributed by atoms with Crippen LogP contribution in [0.25, 0.3) is 0 Å². The van der Waals surface area contributed by atoms with Gasteiger partial charge < -0.3 is 26.8 Å². The number of anilines is 2. The van der Waals surface area contributed by atoms with Crippen molar-refractivity contribution in [3.05, 3.63) is 102 Å². The van der Waals surface area contributed by atoms with Gasteiger partial charge in [0.15, 0.2) is 0 Å². The number of benzene rings is 1. The molecule has 1 fully saturated rings. The monoisotopic (exact) mass is 574 g/mol. The first kappa shape index (κ1) is 28.3. The Balaban J connectivity index is 1.19. The number of nitrogen functional groups attached to an aromatic ring is 1. The molecule has 5 rings (SSSR count). The normalized spacial score (nSPS) is 17.9. The molecule has 216 valence electrons. The van der Waals surface area contributed by atoms with Gasteiger partial charge in [-0.3, -0.25) is 24.0 Å². The lowest BCUT2D eigenvalue weighted by atomic mass is 9.84. The molecule has 0 spiro atoms. The molecule has 0 bridgehead atoms. The average molecular weight is 575 g/mol. The number of amides is 2. The van der Waals surface area contributed by atoms with E-state index in [0.717, 1.165) is 23.0 Å². The van der Waals surface area contributed by atoms with E-state index in [1.807, 2.05) is 13.0 Å². The van der Waals surface area contributed by atoms with Gasteiger partial charge in [-0.25, -0.2) is 14.4 Å². The number of hydrogen-bond acceptors (Lipinski definition) is 9. The predicted molar refractivity (Wildman–Crippen MR) is 150 cm³/mol. The van der Waals surface area contributed by atoms with Crippen molar-refractivity contribution in [3.8, 4) is 0 Å². The van der Waals surface area contributed by atoms with Crippen LogP contribution in [0.2, 0.25) is 0 Å². The number of halogens is 1. The van der Waals surface area contributed by atoms with Crippen molar-refractivity contribution in [2.45, 2.75) is 45.3 Å². The summed E-state index contributed by atoms with van der Waals surface area (Å²) in [5, 5.41) is 17.7. The summed E-state index contributed by atoms with van der Waals surface area (Å²) in [6.45, 7) is 1.74. The Kier molecular flexibility index (Phi) is 7.66. The highest BCUT2D eigenvalue weighted by molar-refractivity contribution is 5.97. The van der Waals surface area contributed by atoms with Gasteiger partial charge in [0.2, 0.25) is 0 Å². The Labute approximate surface area is 238 Å². The number of aromatic nitrogens is 2. The first-order valence-electron chi connectivity index (χ1n) is 13.2. The lowest BCUT2D eigenvalue weighted by molar-refractivity contribution is -0.140. The van der Waals surface area contributed by atoms with Gasteiger partial charge in [-0.05, 0) is 55.0 Å². The molecule has 1 heterocycles. The highest BCUT2D eigenvalue weighted by Gasteiger charge is 2.35. The molecule has 13 heteroatoms. The Morgan fingerprint density at radius 1 is 1.07 bits per heavy atom. The van der Waals surface area contributed by atoms with Crippen LogP contribution in [0.3, 0.4) is 0 Å². The second kappa shape index (κ2) is 11.4. The SMILES string of the molecule is CC1=C2CC[C@H](NC(=O)c3cc(C(=O)NCc4ccc(F)c(CNc5c(N)c(=O)c5=O)c4)ncn3)C2=CCC1C(=O)O. The van der Waals surface area contributed by atoms with Crippen LogP contribution in [0.5, 0.6) is 0 Å². The third-order valence-electron chi connectivity index (χ3n) is 7.68. The number of rotatable bonds is 9. The van der Waals surface area contributed by atoms with E-state index in [1.165, 1.54) is 24.3 Å². The van der Waals surface area contributed by atoms with Crippen LogP contribution in [0, 0.1) is 11.7 Å². The van der Waals surface area contributed by atoms with E-state index >= 15 is 0 Å². The molecule has 6 N–H and O–H groups in total. The summed E-state index contributed by atoms with van der Waals surface area (Å²) in [5.74, 6) is -3.04. The van der Waals surface area contributed by atoms with Gasteiger partial charge in [0, 0.05) is 24.7 Å². The highest BCUT2D eigenvalue weighted by atomic mass is 19.1. The topological polar surface area (TPSA) is 193 Å². The maximum absolute atomic E-state index is 14.3. The summed E-state index contributed by atoms with van der Waals surface area (Å²) in [7, 11) is 0. The maximum Gasteiger partial charge on any atom is 0.310 e. The number of nitrogens with two attached hydrogens (primary N) is 1. The van der Waals surface area contributed by atoms with Gasteiger partial charge in [-0.15, -0.1) is 0 Å². The second-order valence-electron chi connectivity index (χ2n) is 10.2. The standard InChI is InChI=1S/C29H27FN6O6/c1-13-16-5-7-20(18(16)4-3-17(13)29(41)42)36-28(40)22-9-21(34-12-35-22)27(39)33-10-14-2-6-19(30)15(8-14)11-32-24-23(31)25(37)26(24)38/h2,4,6,8-9,12,17,20,32H,3,5,7,10-11,31H2,1H3,(H,33,39)(H,36,40)(H,41,42)/t17?,20-/m0/s1. The summed E-state index contributed by atoms with van der Waals surface area (Å²) in [5.41, 5.74) is 7.12. The van der Waals surface area contributed by atoms with E-state index in [4.69, 9.17) is 5.73 Å². The number of carbonyl (C=O) groups is 3. The zero-order valence-electron chi connectivity index (χ0n) is 22.5. The van der Waals surface area contributed by atoms with Crippen molar-refractivity contribution in [1.82, 2.24) is 20.6 Å². The number of aliphatic carboxylic acids is 1. The third-order valence-corrected chi connectivity index (χ3v) is 7.68. The minimum Gasteiger partial charge on any atom is -0.481 e. The van der Waals surface area contributed by atoms with Crippen LogP contribution in [0.1, 0.15) is 58.3 Å². The molecule has 2 atom stereocenters. The van der Waals surface area contributed by atoms with Crippen molar-refractivity contribution in [2.75, 3.05) is 11.1 Å². The largest absolute Gasteiger partial charge is 0.481 e. The van der Waals surface area contributed by atoms with Crippen LogP contribution in [0.15, 0.2) is 63.0 Å². The maximum atomic E-state index is 14.3. The van der Waals surface area contributed by atoms with Gasteiger partial charge in [0.05, 0.1) is 12.0 Å². The van der Waals surface area contributed by atoms with Crippen molar-refractivity contribution >= 4 is 29.2 Å². The average Bonchev–Trinajstić information content (AvgIpc) is 3.40. The van der Waals surface area contributed by atoms with Crippen LogP contribution >= 0.6 is 0 Å². The van der Waals surface area contributed by atoms with Crippen LogP contribution in [-0.4, -0.2) is 38.9 Å². The zero-order valence-corrected chi connectivity index (χ0v) is 22.5. The number of hydrogen-bond donors (Lipinski definition) is 5. The minimum absolute atomic E-state index is 0.00290. The number of carboxylic acids is 1. The zero-order chi connectivity index (χ0) is 30.1. The molecule has 0 saturated heterocycles. The molecule has 1 aromatic heterocycles. The predicted octanol–water partition coefficient (Wildman–Crippen LogP) is 1.58. The molecule has 1 saturated carbocycles. The molecule has 2 aromatic carbocycles.